The fourth-order valence-corrected chi connectivity index (χ4v) is 4.72. The Morgan fingerprint density at radius 3 is 2.72 bits per heavy atom. The van der Waals surface area contributed by atoms with Crippen molar-refractivity contribution in [3.63, 3.8) is 0 Å². The van der Waals surface area contributed by atoms with Crippen molar-refractivity contribution >= 4 is 15.9 Å². The lowest BCUT2D eigenvalue weighted by atomic mass is 9.81. The molecular formula is C21H33BrN6O. The first-order valence-corrected chi connectivity index (χ1v) is 11.2. The number of ether oxygens (including phenoxy) is 1. The Hall–Kier alpha value is -1.51. The van der Waals surface area contributed by atoms with E-state index in [2.05, 4.69) is 69.7 Å². The summed E-state index contributed by atoms with van der Waals surface area (Å²) in [5.74, 6) is 2.89. The van der Waals surface area contributed by atoms with E-state index in [0.29, 0.717) is 11.8 Å². The van der Waals surface area contributed by atoms with Gasteiger partial charge >= 0.3 is 0 Å². The zero-order chi connectivity index (χ0) is 21.0. The van der Waals surface area contributed by atoms with Gasteiger partial charge in [0, 0.05) is 0 Å². The largest absolute Gasteiger partial charge is 0.496 e. The van der Waals surface area contributed by atoms with E-state index < -0.39 is 0 Å². The lowest BCUT2D eigenvalue weighted by Crippen LogP contribution is -2.35. The predicted octanol–water partition coefficient (Wildman–Crippen LogP) is 3.64. The third-order valence-electron chi connectivity index (χ3n) is 5.73. The van der Waals surface area contributed by atoms with Crippen molar-refractivity contribution in [1.82, 2.24) is 25.5 Å². The second kappa shape index (κ2) is 9.53. The van der Waals surface area contributed by atoms with Gasteiger partial charge in [0.2, 0.25) is 0 Å². The van der Waals surface area contributed by atoms with Gasteiger partial charge in [-0.05, 0) is 109 Å². The van der Waals surface area contributed by atoms with E-state index in [0.717, 1.165) is 34.7 Å². The Labute approximate surface area is 181 Å². The van der Waals surface area contributed by atoms with Crippen molar-refractivity contribution in [2.24, 2.45) is 17.6 Å². The van der Waals surface area contributed by atoms with Crippen LogP contribution in [0.2, 0.25) is 0 Å². The van der Waals surface area contributed by atoms with Crippen LogP contribution in [0.5, 0.6) is 5.75 Å². The molecule has 0 aliphatic heterocycles. The zero-order valence-electron chi connectivity index (χ0n) is 17.9. The molecule has 0 amide bonds. The van der Waals surface area contributed by atoms with Crippen molar-refractivity contribution in [2.45, 2.75) is 58.0 Å². The second-order valence-corrected chi connectivity index (χ2v) is 9.84. The van der Waals surface area contributed by atoms with Gasteiger partial charge in [-0.25, -0.2) is 4.68 Å². The number of tetrazole rings is 1. The highest BCUT2D eigenvalue weighted by Gasteiger charge is 2.29. The molecule has 1 heterocycles. The summed E-state index contributed by atoms with van der Waals surface area (Å²) in [6.45, 7) is 8.04. The first kappa shape index (κ1) is 22.2. The number of hydrogen-bond donors (Lipinski definition) is 2. The predicted molar refractivity (Wildman–Crippen MR) is 118 cm³/mol. The van der Waals surface area contributed by atoms with Crippen LogP contribution in [0.3, 0.4) is 0 Å². The van der Waals surface area contributed by atoms with Gasteiger partial charge in [0.25, 0.3) is 0 Å². The van der Waals surface area contributed by atoms with Gasteiger partial charge in [-0.1, -0.05) is 12.5 Å². The number of benzene rings is 1. The van der Waals surface area contributed by atoms with Gasteiger partial charge < -0.3 is 15.8 Å². The highest BCUT2D eigenvalue weighted by molar-refractivity contribution is 9.10. The molecule has 3 unspecified atom stereocenters. The molecule has 3 N–H and O–H groups in total. The van der Waals surface area contributed by atoms with E-state index in [4.69, 9.17) is 10.5 Å². The molecule has 1 aliphatic rings. The Kier molecular flexibility index (Phi) is 7.29. The quantitative estimate of drug-likeness (QED) is 0.649. The standard InChI is InChI=1S/C21H33BrN6O/c1-21(2,3)28-20(25-26-27-28)19(16-8-9-18(29-4)17(22)11-16)24-13-15-7-5-6-14(10-15)12-23/h8-9,11,14-15,19,24H,5-7,10,12-13,23H2,1-4H3. The SMILES string of the molecule is COc1ccc(C(NCC2CCCC(CN)C2)c2nnnn2C(C)(C)C)cc1Br. The van der Waals surface area contributed by atoms with Crippen LogP contribution in [0.25, 0.3) is 0 Å². The maximum absolute atomic E-state index is 5.93. The maximum Gasteiger partial charge on any atom is 0.173 e. The number of halogens is 1. The molecule has 1 aromatic heterocycles. The topological polar surface area (TPSA) is 90.9 Å². The van der Waals surface area contributed by atoms with Crippen molar-refractivity contribution in [3.05, 3.63) is 34.1 Å². The molecule has 3 atom stereocenters. The first-order valence-electron chi connectivity index (χ1n) is 10.4. The molecule has 1 fully saturated rings. The summed E-state index contributed by atoms with van der Waals surface area (Å²) >= 11 is 3.62. The van der Waals surface area contributed by atoms with Crippen LogP contribution in [0.15, 0.2) is 22.7 Å². The van der Waals surface area contributed by atoms with Crippen molar-refractivity contribution in [1.29, 1.82) is 0 Å². The van der Waals surface area contributed by atoms with Gasteiger partial charge in [-0.2, -0.15) is 0 Å². The summed E-state index contributed by atoms with van der Waals surface area (Å²) in [4.78, 5) is 0. The van der Waals surface area contributed by atoms with Crippen molar-refractivity contribution < 1.29 is 4.74 Å². The Balaban J connectivity index is 1.88. The summed E-state index contributed by atoms with van der Waals surface area (Å²) in [5, 5.41) is 16.4. The minimum atomic E-state index is -0.210. The number of methoxy groups -OCH3 is 1. The fourth-order valence-electron chi connectivity index (χ4n) is 4.16. The number of aromatic nitrogens is 4. The van der Waals surface area contributed by atoms with Crippen LogP contribution in [-0.4, -0.2) is 40.4 Å². The number of hydrogen-bond acceptors (Lipinski definition) is 6. The van der Waals surface area contributed by atoms with Crippen molar-refractivity contribution in [2.75, 3.05) is 20.2 Å². The summed E-state index contributed by atoms with van der Waals surface area (Å²) in [6.07, 6.45) is 4.94. The molecule has 2 aromatic rings. The normalized spacial score (nSPS) is 21.2. The van der Waals surface area contributed by atoms with Crippen LogP contribution in [0, 0.1) is 11.8 Å². The van der Waals surface area contributed by atoms with Gasteiger partial charge in [0.15, 0.2) is 5.82 Å². The van der Waals surface area contributed by atoms with Gasteiger partial charge in [-0.15, -0.1) is 5.10 Å². The van der Waals surface area contributed by atoms with Crippen LogP contribution in [0.4, 0.5) is 0 Å². The molecule has 8 heteroatoms. The lowest BCUT2D eigenvalue weighted by Gasteiger charge is -2.31. The summed E-state index contributed by atoms with van der Waals surface area (Å²) in [5.41, 5.74) is 6.82. The third kappa shape index (κ3) is 5.35. The minimum Gasteiger partial charge on any atom is -0.496 e. The number of rotatable bonds is 7. The Morgan fingerprint density at radius 2 is 2.07 bits per heavy atom. The van der Waals surface area contributed by atoms with Crippen LogP contribution < -0.4 is 15.8 Å². The van der Waals surface area contributed by atoms with Crippen LogP contribution >= 0.6 is 15.9 Å². The minimum absolute atomic E-state index is 0.107. The first-order chi connectivity index (χ1) is 13.8. The Morgan fingerprint density at radius 1 is 1.31 bits per heavy atom. The maximum atomic E-state index is 5.93. The fraction of sp³-hybridized carbons (Fsp3) is 0.667. The molecule has 29 heavy (non-hydrogen) atoms. The van der Waals surface area contributed by atoms with Gasteiger partial charge in [-0.3, -0.25) is 0 Å². The van der Waals surface area contributed by atoms with Crippen molar-refractivity contribution in [3.8, 4) is 5.75 Å². The van der Waals surface area contributed by atoms with E-state index in [1.54, 1.807) is 7.11 Å². The van der Waals surface area contributed by atoms with Crippen LogP contribution in [-0.2, 0) is 5.54 Å². The third-order valence-corrected chi connectivity index (χ3v) is 6.35. The number of nitrogens with one attached hydrogen (secondary N) is 1. The second-order valence-electron chi connectivity index (χ2n) is 8.99. The molecule has 1 saturated carbocycles. The monoisotopic (exact) mass is 464 g/mol. The zero-order valence-corrected chi connectivity index (χ0v) is 19.4. The molecule has 0 spiro atoms. The molecule has 1 aliphatic carbocycles. The summed E-state index contributed by atoms with van der Waals surface area (Å²) < 4.78 is 8.23. The average molecular weight is 465 g/mol. The van der Waals surface area contributed by atoms with Crippen LogP contribution in [0.1, 0.15) is 63.9 Å². The molecule has 1 aromatic carbocycles. The molecule has 0 bridgehead atoms. The average Bonchev–Trinajstić information content (AvgIpc) is 3.18. The molecule has 0 radical (unpaired) electrons. The Bertz CT molecular complexity index is 803. The highest BCUT2D eigenvalue weighted by atomic mass is 79.9. The number of nitrogens with two attached hydrogens (primary N) is 1. The van der Waals surface area contributed by atoms with E-state index in [9.17, 15) is 0 Å². The van der Waals surface area contributed by atoms with E-state index >= 15 is 0 Å². The van der Waals surface area contributed by atoms with Gasteiger partial charge in [0.1, 0.15) is 5.75 Å². The summed E-state index contributed by atoms with van der Waals surface area (Å²) in [6, 6.07) is 6.03. The van der Waals surface area contributed by atoms with E-state index in [1.165, 1.54) is 25.7 Å². The van der Waals surface area contributed by atoms with E-state index in [1.807, 2.05) is 10.7 Å². The molecular weight excluding hydrogens is 432 g/mol. The lowest BCUT2D eigenvalue weighted by molar-refractivity contribution is 0.256. The molecule has 0 saturated heterocycles. The highest BCUT2D eigenvalue weighted by Crippen LogP contribution is 2.33. The van der Waals surface area contributed by atoms with Gasteiger partial charge in [0.05, 0.1) is 23.2 Å². The molecule has 160 valence electrons. The molecule has 7 nitrogen and oxygen atoms in total. The smallest absolute Gasteiger partial charge is 0.173 e. The van der Waals surface area contributed by atoms with E-state index in [-0.39, 0.29) is 11.6 Å². The number of nitrogens with zero attached hydrogens (tertiary/aromatic N) is 4. The molecule has 3 rings (SSSR count). The summed E-state index contributed by atoms with van der Waals surface area (Å²) in [7, 11) is 1.67.